The molecule has 2 heterocycles. The lowest BCUT2D eigenvalue weighted by atomic mass is 9.65. The lowest BCUT2D eigenvalue weighted by Crippen LogP contribution is -2.53. The summed E-state index contributed by atoms with van der Waals surface area (Å²) in [5.74, 6) is 0.452. The quantitative estimate of drug-likeness (QED) is 0.363. The lowest BCUT2D eigenvalue weighted by Gasteiger charge is -2.42. The summed E-state index contributed by atoms with van der Waals surface area (Å²) in [7, 11) is 0. The van der Waals surface area contributed by atoms with Crippen LogP contribution in [0.25, 0.3) is 0 Å². The Hall–Kier alpha value is -2.39. The van der Waals surface area contributed by atoms with Crippen LogP contribution >= 0.6 is 11.6 Å². The number of nitrogens with zero attached hydrogens (tertiary/aromatic N) is 4. The van der Waals surface area contributed by atoms with Crippen molar-refractivity contribution in [2.75, 3.05) is 37.7 Å². The minimum Gasteiger partial charge on any atom is -0.363 e. The molecular formula is C24H34ClN5O4. The maximum absolute atomic E-state index is 13.3. The molecule has 1 aromatic carbocycles. The van der Waals surface area contributed by atoms with E-state index in [1.165, 1.54) is 11.0 Å². The molecular weight excluding hydrogens is 458 g/mol. The van der Waals surface area contributed by atoms with Gasteiger partial charge in [0.1, 0.15) is 11.2 Å². The molecule has 4 rings (SSSR count). The molecule has 0 atom stereocenters. The molecule has 0 bridgehead atoms. The average Bonchev–Trinajstić information content (AvgIpc) is 3.03. The number of carbonyl (C=O) groups excluding carboxylic acids is 2. The van der Waals surface area contributed by atoms with Crippen molar-refractivity contribution in [1.82, 2.24) is 15.1 Å². The molecule has 0 aromatic heterocycles. The van der Waals surface area contributed by atoms with Gasteiger partial charge in [-0.2, -0.15) is 0 Å². The smallest absolute Gasteiger partial charge is 0.326 e. The molecule has 3 amide bonds. The molecule has 3 aliphatic rings. The Morgan fingerprint density at radius 1 is 1.18 bits per heavy atom. The van der Waals surface area contributed by atoms with E-state index in [-0.39, 0.29) is 29.7 Å². The summed E-state index contributed by atoms with van der Waals surface area (Å²) in [6.45, 7) is 9.33. The fraction of sp³-hybridized carbons (Fsp3) is 0.667. The third kappa shape index (κ3) is 4.60. The zero-order valence-corrected chi connectivity index (χ0v) is 20.9. The number of halogens is 1. The molecule has 9 nitrogen and oxygen atoms in total. The number of nitrogens with one attached hydrogen (secondary N) is 1. The first-order valence-electron chi connectivity index (χ1n) is 12.1. The molecule has 34 heavy (non-hydrogen) atoms. The fourth-order valence-corrected chi connectivity index (χ4v) is 5.73. The van der Waals surface area contributed by atoms with Gasteiger partial charge in [0.05, 0.1) is 11.6 Å². The lowest BCUT2D eigenvalue weighted by molar-refractivity contribution is -0.384. The van der Waals surface area contributed by atoms with Gasteiger partial charge in [0.15, 0.2) is 0 Å². The van der Waals surface area contributed by atoms with Crippen LogP contribution in [0.3, 0.4) is 0 Å². The van der Waals surface area contributed by atoms with Gasteiger partial charge in [-0.3, -0.25) is 19.8 Å². The maximum atomic E-state index is 13.3. The molecule has 1 saturated carbocycles. The van der Waals surface area contributed by atoms with E-state index in [1.54, 1.807) is 12.1 Å². The van der Waals surface area contributed by atoms with Gasteiger partial charge in [-0.15, -0.1) is 0 Å². The maximum Gasteiger partial charge on any atom is 0.326 e. The van der Waals surface area contributed by atoms with Crippen molar-refractivity contribution in [3.63, 3.8) is 0 Å². The standard InChI is InChI=1S/C24H34ClN5O4/c1-4-23(2,3)17-7-9-24(10-8-17)21(31)29(22(32)26-24)16-27-11-13-28(14-12-27)19-6-5-18(25)15-20(19)30(33)34/h5-6,15,17H,4,7-14,16H2,1-3H3,(H,26,32). The molecule has 2 aliphatic heterocycles. The Morgan fingerprint density at radius 2 is 1.82 bits per heavy atom. The second kappa shape index (κ2) is 9.34. The summed E-state index contributed by atoms with van der Waals surface area (Å²) in [6.07, 6.45) is 4.37. The summed E-state index contributed by atoms with van der Waals surface area (Å²) in [5.41, 5.74) is 0.00294. The Kier molecular flexibility index (Phi) is 6.79. The van der Waals surface area contributed by atoms with Crippen molar-refractivity contribution in [3.8, 4) is 0 Å². The van der Waals surface area contributed by atoms with Crippen LogP contribution in [0.15, 0.2) is 18.2 Å². The number of carbonyl (C=O) groups is 2. The Labute approximate surface area is 205 Å². The third-order valence-corrected chi connectivity index (χ3v) is 8.53. The normalized spacial score (nSPS) is 26.3. The van der Waals surface area contributed by atoms with Crippen LogP contribution in [0, 0.1) is 21.4 Å². The van der Waals surface area contributed by atoms with Crippen molar-refractivity contribution in [1.29, 1.82) is 0 Å². The van der Waals surface area contributed by atoms with E-state index in [0.29, 0.717) is 55.6 Å². The average molecular weight is 492 g/mol. The van der Waals surface area contributed by atoms with E-state index in [0.717, 1.165) is 19.3 Å². The minimum absolute atomic E-state index is 0.0150. The first-order valence-corrected chi connectivity index (χ1v) is 12.5. The van der Waals surface area contributed by atoms with Crippen LogP contribution in [-0.2, 0) is 4.79 Å². The number of anilines is 1. The van der Waals surface area contributed by atoms with E-state index in [4.69, 9.17) is 11.6 Å². The van der Waals surface area contributed by atoms with Gasteiger partial charge in [-0.25, -0.2) is 9.69 Å². The number of nitro groups is 1. The van der Waals surface area contributed by atoms with Crippen LogP contribution in [0.5, 0.6) is 0 Å². The second-order valence-electron chi connectivity index (χ2n) is 10.5. The number of benzene rings is 1. The topological polar surface area (TPSA) is 99.0 Å². The molecule has 0 unspecified atom stereocenters. The highest BCUT2D eigenvalue weighted by molar-refractivity contribution is 6.30. The molecule has 1 aliphatic carbocycles. The monoisotopic (exact) mass is 491 g/mol. The number of rotatable bonds is 6. The van der Waals surface area contributed by atoms with E-state index in [1.807, 2.05) is 4.90 Å². The van der Waals surface area contributed by atoms with Crippen LogP contribution in [0.2, 0.25) is 5.02 Å². The summed E-state index contributed by atoms with van der Waals surface area (Å²) >= 11 is 5.94. The van der Waals surface area contributed by atoms with Crippen LogP contribution in [0.1, 0.15) is 52.9 Å². The molecule has 2 saturated heterocycles. The Morgan fingerprint density at radius 3 is 2.41 bits per heavy atom. The zero-order valence-electron chi connectivity index (χ0n) is 20.2. The van der Waals surface area contributed by atoms with E-state index < -0.39 is 10.5 Å². The number of imide groups is 1. The van der Waals surface area contributed by atoms with Gasteiger partial charge < -0.3 is 10.2 Å². The minimum atomic E-state index is -0.761. The molecule has 186 valence electrons. The predicted molar refractivity (Wildman–Crippen MR) is 131 cm³/mol. The fourth-order valence-electron chi connectivity index (χ4n) is 5.56. The molecule has 0 radical (unpaired) electrons. The largest absolute Gasteiger partial charge is 0.363 e. The Balaban J connectivity index is 1.36. The van der Waals surface area contributed by atoms with Gasteiger partial charge in [0.25, 0.3) is 11.6 Å². The predicted octanol–water partition coefficient (Wildman–Crippen LogP) is 4.24. The van der Waals surface area contributed by atoms with E-state index in [2.05, 4.69) is 31.0 Å². The van der Waals surface area contributed by atoms with Crippen LogP contribution in [-0.4, -0.2) is 65.0 Å². The molecule has 10 heteroatoms. The van der Waals surface area contributed by atoms with Gasteiger partial charge >= 0.3 is 6.03 Å². The van der Waals surface area contributed by atoms with Crippen molar-refractivity contribution in [3.05, 3.63) is 33.3 Å². The highest BCUT2D eigenvalue weighted by Gasteiger charge is 2.53. The van der Waals surface area contributed by atoms with Gasteiger partial charge in [-0.05, 0) is 49.1 Å². The van der Waals surface area contributed by atoms with E-state index in [9.17, 15) is 19.7 Å². The van der Waals surface area contributed by atoms with Gasteiger partial charge in [-0.1, -0.05) is 38.8 Å². The number of piperazine rings is 1. The van der Waals surface area contributed by atoms with Crippen molar-refractivity contribution in [2.45, 2.75) is 58.4 Å². The van der Waals surface area contributed by atoms with Crippen molar-refractivity contribution >= 4 is 34.9 Å². The first-order chi connectivity index (χ1) is 16.1. The van der Waals surface area contributed by atoms with Crippen molar-refractivity contribution < 1.29 is 14.5 Å². The molecule has 1 N–H and O–H groups in total. The van der Waals surface area contributed by atoms with Crippen LogP contribution < -0.4 is 10.2 Å². The van der Waals surface area contributed by atoms with Crippen LogP contribution in [0.4, 0.5) is 16.2 Å². The molecule has 3 fully saturated rings. The summed E-state index contributed by atoms with van der Waals surface area (Å²) in [5, 5.41) is 14.8. The number of hydrogen-bond acceptors (Lipinski definition) is 6. The molecule has 1 spiro atoms. The SMILES string of the molecule is CCC(C)(C)C1CCC2(CC1)NC(=O)N(CN1CCN(c3ccc(Cl)cc3[N+](=O)[O-])CC1)C2=O. The van der Waals surface area contributed by atoms with Gasteiger partial charge in [0.2, 0.25) is 0 Å². The summed E-state index contributed by atoms with van der Waals surface area (Å²) in [6, 6.07) is 4.38. The highest BCUT2D eigenvalue weighted by atomic mass is 35.5. The highest BCUT2D eigenvalue weighted by Crippen LogP contribution is 2.45. The Bertz CT molecular complexity index is 968. The summed E-state index contributed by atoms with van der Waals surface area (Å²) in [4.78, 5) is 42.5. The van der Waals surface area contributed by atoms with Crippen molar-refractivity contribution in [2.24, 2.45) is 11.3 Å². The second-order valence-corrected chi connectivity index (χ2v) is 10.9. The van der Waals surface area contributed by atoms with E-state index >= 15 is 0 Å². The van der Waals surface area contributed by atoms with Gasteiger partial charge in [0, 0.05) is 37.3 Å². The number of nitro benzene ring substituents is 1. The first kappa shape index (κ1) is 24.7. The number of urea groups is 1. The zero-order chi connectivity index (χ0) is 24.7. The summed E-state index contributed by atoms with van der Waals surface area (Å²) < 4.78 is 0. The number of amides is 3. The molecule has 1 aromatic rings. The number of hydrogen-bond donors (Lipinski definition) is 1. The third-order valence-electron chi connectivity index (χ3n) is 8.29.